The number of hydrogen-bond donors (Lipinski definition) is 0. The Labute approximate surface area is 139 Å². The molecule has 0 aliphatic heterocycles. The van der Waals surface area contributed by atoms with E-state index in [0.29, 0.717) is 17.6 Å². The Kier molecular flexibility index (Phi) is 6.65. The van der Waals surface area contributed by atoms with Gasteiger partial charge in [-0.05, 0) is 32.0 Å². The van der Waals surface area contributed by atoms with Gasteiger partial charge >= 0.3 is 0 Å². The smallest absolute Gasteiger partial charge is 0.244 e. The average Bonchev–Trinajstić information content (AvgIpc) is 2.39. The van der Waals surface area contributed by atoms with Crippen molar-refractivity contribution in [3.05, 3.63) is 27.7 Å². The Hall–Kier alpha value is -0.630. The first-order valence-corrected chi connectivity index (χ1v) is 9.04. The molecule has 0 aromatic heterocycles. The van der Waals surface area contributed by atoms with Gasteiger partial charge in [-0.15, -0.1) is 0 Å². The third-order valence-electron chi connectivity index (χ3n) is 3.06. The molecule has 5 nitrogen and oxygen atoms in total. The number of hydrogen-bond acceptors (Lipinski definition) is 3. The highest BCUT2D eigenvalue weighted by Crippen LogP contribution is 2.27. The van der Waals surface area contributed by atoms with Gasteiger partial charge in [0, 0.05) is 24.6 Å². The fourth-order valence-electron chi connectivity index (χ4n) is 1.80. The number of amides is 1. The van der Waals surface area contributed by atoms with E-state index in [4.69, 9.17) is 11.6 Å². The second-order valence-electron chi connectivity index (χ2n) is 4.40. The van der Waals surface area contributed by atoms with Gasteiger partial charge in [0.1, 0.15) is 4.90 Å². The highest BCUT2D eigenvalue weighted by molar-refractivity contribution is 9.10. The van der Waals surface area contributed by atoms with E-state index in [9.17, 15) is 13.2 Å². The zero-order valence-corrected chi connectivity index (χ0v) is 15.3. The molecule has 21 heavy (non-hydrogen) atoms. The number of likely N-dealkylation sites (N-methyl/N-ethyl adjacent to an activating group) is 2. The number of carbonyl (C=O) groups excluding carboxylic acids is 1. The molecular weight excluding hydrogens is 380 g/mol. The minimum absolute atomic E-state index is 0.0118. The van der Waals surface area contributed by atoms with Crippen molar-refractivity contribution < 1.29 is 13.2 Å². The summed E-state index contributed by atoms with van der Waals surface area (Å²) in [4.78, 5) is 13.6. The van der Waals surface area contributed by atoms with Gasteiger partial charge < -0.3 is 4.90 Å². The van der Waals surface area contributed by atoms with E-state index < -0.39 is 10.0 Å². The first-order valence-electron chi connectivity index (χ1n) is 6.43. The van der Waals surface area contributed by atoms with Crippen LogP contribution >= 0.6 is 27.5 Å². The molecule has 0 fully saturated rings. The topological polar surface area (TPSA) is 57.7 Å². The third kappa shape index (κ3) is 4.42. The molecule has 0 bridgehead atoms. The maximum Gasteiger partial charge on any atom is 0.244 e. The van der Waals surface area contributed by atoms with E-state index in [2.05, 4.69) is 15.9 Å². The molecule has 0 atom stereocenters. The van der Waals surface area contributed by atoms with Crippen LogP contribution in [-0.2, 0) is 14.8 Å². The quantitative estimate of drug-likeness (QED) is 0.741. The maximum atomic E-state index is 12.5. The van der Waals surface area contributed by atoms with Crippen LogP contribution in [0.5, 0.6) is 0 Å². The lowest BCUT2D eigenvalue weighted by Gasteiger charge is -2.23. The van der Waals surface area contributed by atoms with E-state index in [0.717, 1.165) is 4.31 Å². The van der Waals surface area contributed by atoms with Gasteiger partial charge in [-0.2, -0.15) is 4.31 Å². The van der Waals surface area contributed by atoms with Crippen molar-refractivity contribution in [2.45, 2.75) is 18.7 Å². The largest absolute Gasteiger partial charge is 0.342 e. The van der Waals surface area contributed by atoms with E-state index >= 15 is 0 Å². The minimum atomic E-state index is -3.80. The van der Waals surface area contributed by atoms with Crippen LogP contribution in [0.25, 0.3) is 0 Å². The molecule has 8 heteroatoms. The zero-order valence-electron chi connectivity index (χ0n) is 12.1. The molecule has 1 aromatic carbocycles. The zero-order chi connectivity index (χ0) is 16.2. The second-order valence-corrected chi connectivity index (χ2v) is 7.74. The van der Waals surface area contributed by atoms with Crippen LogP contribution in [0.4, 0.5) is 0 Å². The predicted molar refractivity (Wildman–Crippen MR) is 86.9 cm³/mol. The maximum absolute atomic E-state index is 12.5. The monoisotopic (exact) mass is 396 g/mol. The number of carbonyl (C=O) groups is 1. The molecule has 0 saturated carbocycles. The molecular formula is C13H18BrClN2O3S. The number of halogens is 2. The molecule has 118 valence electrons. The molecule has 0 aliphatic rings. The Morgan fingerprint density at radius 2 is 1.86 bits per heavy atom. The number of nitrogens with zero attached hydrogens (tertiary/aromatic N) is 2. The lowest BCUT2D eigenvalue weighted by molar-refractivity contribution is -0.130. The summed E-state index contributed by atoms with van der Waals surface area (Å²) in [6.45, 7) is 4.57. The molecule has 0 aliphatic carbocycles. The highest BCUT2D eigenvalue weighted by Gasteiger charge is 2.26. The Balaban J connectivity index is 2.99. The van der Waals surface area contributed by atoms with Crippen molar-refractivity contribution >= 4 is 43.5 Å². The normalized spacial score (nSPS) is 11.7. The minimum Gasteiger partial charge on any atom is -0.342 e. The Bertz CT molecular complexity index is 618. The summed E-state index contributed by atoms with van der Waals surface area (Å²) in [5.41, 5.74) is 0. The first kappa shape index (κ1) is 18.4. The summed E-state index contributed by atoms with van der Waals surface area (Å²) in [5.74, 6) is -0.237. The summed E-state index contributed by atoms with van der Waals surface area (Å²) < 4.78 is 26.6. The van der Waals surface area contributed by atoms with Gasteiger partial charge in [-0.25, -0.2) is 8.42 Å². The van der Waals surface area contributed by atoms with Crippen molar-refractivity contribution in [2.75, 3.05) is 26.7 Å². The molecule has 0 unspecified atom stereocenters. The summed E-state index contributed by atoms with van der Waals surface area (Å²) in [6, 6.07) is 4.52. The Morgan fingerprint density at radius 3 is 2.33 bits per heavy atom. The van der Waals surface area contributed by atoms with Crippen molar-refractivity contribution in [3.8, 4) is 0 Å². The molecule has 1 amide bonds. The SMILES string of the molecule is CCN(CC)C(=O)CN(C)S(=O)(=O)c1ccc(Br)cc1Cl. The van der Waals surface area contributed by atoms with E-state index in [1.54, 1.807) is 11.0 Å². The van der Waals surface area contributed by atoms with Gasteiger partial charge in [-0.3, -0.25) is 4.79 Å². The van der Waals surface area contributed by atoms with Gasteiger partial charge in [0.25, 0.3) is 0 Å². The third-order valence-corrected chi connectivity index (χ3v) is 5.84. The van der Waals surface area contributed by atoms with Crippen molar-refractivity contribution in [2.24, 2.45) is 0 Å². The second kappa shape index (κ2) is 7.58. The van der Waals surface area contributed by atoms with Gasteiger partial charge in [0.05, 0.1) is 11.6 Å². The molecule has 0 N–H and O–H groups in total. The molecule has 1 rings (SSSR count). The molecule has 0 heterocycles. The van der Waals surface area contributed by atoms with E-state index in [-0.39, 0.29) is 22.4 Å². The summed E-state index contributed by atoms with van der Waals surface area (Å²) >= 11 is 9.21. The fraction of sp³-hybridized carbons (Fsp3) is 0.462. The molecule has 0 spiro atoms. The van der Waals surface area contributed by atoms with Crippen LogP contribution in [0.15, 0.2) is 27.6 Å². The number of sulfonamides is 1. The van der Waals surface area contributed by atoms with Crippen LogP contribution in [0, 0.1) is 0 Å². The lowest BCUT2D eigenvalue weighted by Crippen LogP contribution is -2.41. The number of benzene rings is 1. The summed E-state index contributed by atoms with van der Waals surface area (Å²) in [6.07, 6.45) is 0. The van der Waals surface area contributed by atoms with Crippen molar-refractivity contribution in [1.82, 2.24) is 9.21 Å². The van der Waals surface area contributed by atoms with E-state index in [1.807, 2.05) is 13.8 Å². The van der Waals surface area contributed by atoms with Crippen LogP contribution in [-0.4, -0.2) is 50.2 Å². The van der Waals surface area contributed by atoms with Crippen LogP contribution in [0.1, 0.15) is 13.8 Å². The van der Waals surface area contributed by atoms with Crippen LogP contribution in [0.2, 0.25) is 5.02 Å². The molecule has 0 saturated heterocycles. The van der Waals surface area contributed by atoms with Gasteiger partial charge in [-0.1, -0.05) is 27.5 Å². The van der Waals surface area contributed by atoms with Crippen LogP contribution in [0.3, 0.4) is 0 Å². The molecule has 0 radical (unpaired) electrons. The predicted octanol–water partition coefficient (Wildman–Crippen LogP) is 2.59. The average molecular weight is 398 g/mol. The van der Waals surface area contributed by atoms with Crippen LogP contribution < -0.4 is 0 Å². The van der Waals surface area contributed by atoms with Gasteiger partial charge in [0.15, 0.2) is 0 Å². The standard InChI is InChI=1S/C13H18BrClN2O3S/c1-4-17(5-2)13(18)9-16(3)21(19,20)12-7-6-10(14)8-11(12)15/h6-8H,4-5,9H2,1-3H3. The number of rotatable bonds is 6. The molecule has 1 aromatic rings. The lowest BCUT2D eigenvalue weighted by atomic mass is 10.4. The van der Waals surface area contributed by atoms with Gasteiger partial charge in [0.2, 0.25) is 15.9 Å². The van der Waals surface area contributed by atoms with E-state index in [1.165, 1.54) is 19.2 Å². The fourth-order valence-corrected chi connectivity index (χ4v) is 3.93. The van der Waals surface area contributed by atoms with Crippen molar-refractivity contribution in [1.29, 1.82) is 0 Å². The summed E-state index contributed by atoms with van der Waals surface area (Å²) in [7, 11) is -2.43. The van der Waals surface area contributed by atoms with Crippen molar-refractivity contribution in [3.63, 3.8) is 0 Å². The highest BCUT2D eigenvalue weighted by atomic mass is 79.9. The summed E-state index contributed by atoms with van der Waals surface area (Å²) in [5, 5.41) is 0.117. The first-order chi connectivity index (χ1) is 9.73. The Morgan fingerprint density at radius 1 is 1.29 bits per heavy atom.